The number of amides is 2. The zero-order valence-corrected chi connectivity index (χ0v) is 29.6. The van der Waals surface area contributed by atoms with Crippen LogP contribution in [0.15, 0.2) is 36.4 Å². The fourth-order valence-electron chi connectivity index (χ4n) is 5.40. The van der Waals surface area contributed by atoms with E-state index in [0.717, 1.165) is 4.86 Å². The Hall–Kier alpha value is -3.70. The smallest absolute Gasteiger partial charge is 0.414 e. The fourth-order valence-corrected chi connectivity index (χ4v) is 5.48. The number of nitrogens with zero attached hydrogens (tertiary/aromatic N) is 4. The van der Waals surface area contributed by atoms with Gasteiger partial charge < -0.3 is 39.8 Å². The Labute approximate surface area is 296 Å². The van der Waals surface area contributed by atoms with Gasteiger partial charge in [0, 0.05) is 32.7 Å². The molecule has 6 rings (SSSR count). The molecule has 0 spiro atoms. The number of hydrogen-bond acceptors (Lipinski definition) is 11. The first kappa shape index (κ1) is 38.1. The van der Waals surface area contributed by atoms with Crippen LogP contribution < -0.4 is 30.7 Å². The lowest BCUT2D eigenvalue weighted by molar-refractivity contribution is 0.122. The largest absolute Gasteiger partial charge is 0.443 e. The van der Waals surface area contributed by atoms with Crippen LogP contribution in [0.4, 0.5) is 41.1 Å². The number of nitrogens with one attached hydrogen (secondary N) is 1. The lowest BCUT2D eigenvalue weighted by Crippen LogP contribution is -2.36. The van der Waals surface area contributed by atoms with E-state index in [1.54, 1.807) is 31.2 Å². The maximum atomic E-state index is 14.5. The Balaban J connectivity index is 0.000000201. The lowest BCUT2D eigenvalue weighted by Gasteiger charge is -2.29. The first-order chi connectivity index (χ1) is 23.5. The van der Waals surface area contributed by atoms with Crippen LogP contribution >= 0.6 is 24.4 Å². The molecule has 3 N–H and O–H groups in total. The molecule has 2 aromatic rings. The lowest BCUT2D eigenvalue weighted by atomic mass is 10.2. The molecule has 0 saturated carbocycles. The van der Waals surface area contributed by atoms with Gasteiger partial charge >= 0.3 is 12.2 Å². The van der Waals surface area contributed by atoms with Crippen molar-refractivity contribution >= 4 is 69.2 Å². The number of ether oxygens (including phenoxy) is 4. The summed E-state index contributed by atoms with van der Waals surface area (Å²) in [6.07, 6.45) is -1.59. The van der Waals surface area contributed by atoms with Gasteiger partial charge in [-0.1, -0.05) is 24.4 Å². The quantitative estimate of drug-likeness (QED) is 0.397. The minimum Gasteiger partial charge on any atom is -0.443 e. The highest BCUT2D eigenvalue weighted by Crippen LogP contribution is 2.29. The van der Waals surface area contributed by atoms with Crippen molar-refractivity contribution in [3.63, 3.8) is 0 Å². The van der Waals surface area contributed by atoms with E-state index < -0.39 is 12.2 Å². The highest BCUT2D eigenvalue weighted by molar-refractivity contribution is 7.80. The summed E-state index contributed by atoms with van der Waals surface area (Å²) >= 11 is 9.48. The van der Waals surface area contributed by atoms with Gasteiger partial charge in [-0.2, -0.15) is 0 Å². The van der Waals surface area contributed by atoms with Gasteiger partial charge in [-0.25, -0.2) is 18.4 Å². The van der Waals surface area contributed by atoms with Crippen molar-refractivity contribution in [3.05, 3.63) is 48.0 Å². The average molecular weight is 723 g/mol. The molecular formula is C33H44F2N6O6S2. The summed E-state index contributed by atoms with van der Waals surface area (Å²) in [5.41, 5.74) is 7.54. The Bertz CT molecular complexity index is 1470. The Morgan fingerprint density at radius 2 is 1.18 bits per heavy atom. The normalized spacial score (nSPS) is 20.4. The molecular weight excluding hydrogens is 679 g/mol. The van der Waals surface area contributed by atoms with Crippen LogP contribution in [0.2, 0.25) is 0 Å². The van der Waals surface area contributed by atoms with Crippen LogP contribution in [-0.4, -0.2) is 113 Å². The van der Waals surface area contributed by atoms with Crippen LogP contribution in [-0.2, 0) is 18.9 Å². The second-order valence-electron chi connectivity index (χ2n) is 11.8. The number of hydrogen-bond donors (Lipinski definition) is 2. The zero-order valence-electron chi connectivity index (χ0n) is 28.0. The number of cyclic esters (lactones) is 2. The molecule has 2 amide bonds. The number of carbonyl (C=O) groups excluding carboxylic acids is 2. The van der Waals surface area contributed by atoms with Crippen molar-refractivity contribution in [3.8, 4) is 0 Å². The monoisotopic (exact) mass is 722 g/mol. The van der Waals surface area contributed by atoms with Crippen molar-refractivity contribution in [1.82, 2.24) is 5.32 Å². The molecule has 0 radical (unpaired) electrons. The van der Waals surface area contributed by atoms with Gasteiger partial charge in [-0.3, -0.25) is 9.80 Å². The van der Waals surface area contributed by atoms with Gasteiger partial charge in [0.1, 0.15) is 23.8 Å². The molecule has 0 aromatic heterocycles. The molecule has 4 fully saturated rings. The number of benzene rings is 2. The van der Waals surface area contributed by atoms with Crippen LogP contribution in [0.25, 0.3) is 0 Å². The predicted octanol–water partition coefficient (Wildman–Crippen LogP) is 4.27. The van der Waals surface area contributed by atoms with E-state index in [1.807, 2.05) is 23.6 Å². The summed E-state index contributed by atoms with van der Waals surface area (Å²) in [7, 11) is 0. The topological polar surface area (TPSA) is 122 Å². The third kappa shape index (κ3) is 10.9. The summed E-state index contributed by atoms with van der Waals surface area (Å²) in [5, 5.41) is 2.98. The molecule has 0 bridgehead atoms. The molecule has 2 unspecified atom stereocenters. The summed E-state index contributed by atoms with van der Waals surface area (Å²) in [4.78, 5) is 32.1. The molecule has 2 aromatic carbocycles. The summed E-state index contributed by atoms with van der Waals surface area (Å²) < 4.78 is 49.7. The minimum absolute atomic E-state index is 0.260. The van der Waals surface area contributed by atoms with Crippen molar-refractivity contribution in [2.24, 2.45) is 5.73 Å². The molecule has 49 heavy (non-hydrogen) atoms. The Morgan fingerprint density at radius 3 is 1.55 bits per heavy atom. The first-order valence-corrected chi connectivity index (χ1v) is 16.9. The molecule has 4 heterocycles. The van der Waals surface area contributed by atoms with E-state index in [0.29, 0.717) is 100.0 Å². The van der Waals surface area contributed by atoms with Crippen molar-refractivity contribution in [1.29, 1.82) is 0 Å². The second kappa shape index (κ2) is 18.3. The van der Waals surface area contributed by atoms with Gasteiger partial charge in [0.2, 0.25) is 0 Å². The van der Waals surface area contributed by atoms with E-state index in [1.165, 1.54) is 21.9 Å². The number of rotatable bonds is 7. The van der Waals surface area contributed by atoms with E-state index in [4.69, 9.17) is 36.9 Å². The van der Waals surface area contributed by atoms with Gasteiger partial charge in [0.25, 0.3) is 0 Å². The second-order valence-corrected chi connectivity index (χ2v) is 13.2. The zero-order chi connectivity index (χ0) is 35.5. The summed E-state index contributed by atoms with van der Waals surface area (Å²) in [6, 6.07) is 9.62. The molecule has 268 valence electrons. The fraction of sp³-hybridized carbons (Fsp3) is 0.515. The van der Waals surface area contributed by atoms with Crippen LogP contribution in [0.3, 0.4) is 0 Å². The average Bonchev–Trinajstić information content (AvgIpc) is 3.66. The SMILES string of the molecule is CC(=S)NCC1CN(c2ccc(N3CCOCC3)c(F)c2)C(=O)O1.CC(C)=S.NCC1CN(c2ccc(N3CCOCC3)c(F)c2)C(=O)O1. The number of halogens is 2. The molecule has 4 saturated heterocycles. The third-order valence-corrected chi connectivity index (χ3v) is 7.92. The predicted molar refractivity (Wildman–Crippen MR) is 193 cm³/mol. The van der Waals surface area contributed by atoms with Crippen LogP contribution in [0, 0.1) is 11.6 Å². The van der Waals surface area contributed by atoms with Gasteiger partial charge in [-0.15, -0.1) is 0 Å². The van der Waals surface area contributed by atoms with Crippen molar-refractivity contribution < 1.29 is 37.3 Å². The molecule has 2 atom stereocenters. The van der Waals surface area contributed by atoms with Crippen LogP contribution in [0.1, 0.15) is 20.8 Å². The third-order valence-electron chi connectivity index (χ3n) is 7.78. The Kier molecular flexibility index (Phi) is 14.3. The van der Waals surface area contributed by atoms with E-state index >= 15 is 0 Å². The van der Waals surface area contributed by atoms with Crippen molar-refractivity contribution in [2.75, 3.05) is 98.4 Å². The highest BCUT2D eigenvalue weighted by atomic mass is 32.1. The Morgan fingerprint density at radius 1 is 0.776 bits per heavy atom. The number of morpholine rings is 2. The maximum Gasteiger partial charge on any atom is 0.414 e. The molecule has 4 aliphatic heterocycles. The van der Waals surface area contributed by atoms with E-state index in [-0.39, 0.29) is 30.4 Å². The number of nitrogens with two attached hydrogens (primary N) is 1. The van der Waals surface area contributed by atoms with Gasteiger partial charge in [-0.05, 0) is 62.0 Å². The van der Waals surface area contributed by atoms with E-state index in [9.17, 15) is 18.4 Å². The van der Waals surface area contributed by atoms with Crippen molar-refractivity contribution in [2.45, 2.75) is 33.0 Å². The highest BCUT2D eigenvalue weighted by Gasteiger charge is 2.33. The number of carbonyl (C=O) groups is 2. The molecule has 4 aliphatic rings. The van der Waals surface area contributed by atoms with Crippen LogP contribution in [0.5, 0.6) is 0 Å². The summed E-state index contributed by atoms with van der Waals surface area (Å²) in [5.74, 6) is -0.697. The van der Waals surface area contributed by atoms with E-state index in [2.05, 4.69) is 17.5 Å². The first-order valence-electron chi connectivity index (χ1n) is 16.1. The maximum absolute atomic E-state index is 14.5. The molecule has 0 aliphatic carbocycles. The molecule has 12 nitrogen and oxygen atoms in total. The number of thiocarbonyl (C=S) groups is 2. The standard InChI is InChI=1S/C16H20FN3O3S.C14H18FN3O3.C3H6S/c1-11(24)18-9-13-10-20(16(21)23-13)12-2-3-15(14(17)8-12)19-4-6-22-7-5-19;15-12-7-10(18-9-11(8-16)21-14(18)19)1-2-13(12)17-3-5-20-6-4-17;1-3(2)4/h2-3,8,13H,4-7,9-10H2,1H3,(H,18,24);1-2,7,11H,3-6,8-9,16H2;1-2H3. The number of anilines is 4. The minimum atomic E-state index is -0.482. The molecule has 16 heteroatoms. The summed E-state index contributed by atoms with van der Waals surface area (Å²) in [6.45, 7) is 12.0. The van der Waals surface area contributed by atoms with Gasteiger partial charge in [0.15, 0.2) is 0 Å². The van der Waals surface area contributed by atoms with Gasteiger partial charge in [0.05, 0.1) is 73.8 Å².